The first-order chi connectivity index (χ1) is 15.2. The van der Waals surface area contributed by atoms with Gasteiger partial charge in [0.15, 0.2) is 0 Å². The smallest absolute Gasteiger partial charge is 0.242 e. The molecule has 0 saturated carbocycles. The van der Waals surface area contributed by atoms with Gasteiger partial charge in [0.1, 0.15) is 6.04 Å². The first-order valence-corrected chi connectivity index (χ1v) is 12.8. The fraction of sp³-hybridized carbons (Fsp3) is 0.440. The van der Waals surface area contributed by atoms with Crippen molar-refractivity contribution in [1.29, 1.82) is 0 Å². The lowest BCUT2D eigenvalue weighted by atomic mass is 10.1. The fourth-order valence-corrected chi connectivity index (χ4v) is 4.92. The molecule has 2 aromatic rings. The summed E-state index contributed by atoms with van der Waals surface area (Å²) in [5.41, 5.74) is 4.39. The maximum atomic E-state index is 13.3. The van der Waals surface area contributed by atoms with E-state index >= 15 is 0 Å². The average Bonchev–Trinajstić information content (AvgIpc) is 2.72. The third-order valence-corrected chi connectivity index (χ3v) is 6.64. The molecule has 0 aromatic heterocycles. The molecule has 0 fully saturated rings. The third-order valence-electron chi connectivity index (χ3n) is 5.07. The van der Waals surface area contributed by atoms with Crippen LogP contribution in [0.2, 0.25) is 10.0 Å². The summed E-state index contributed by atoms with van der Waals surface area (Å²) >= 11 is 14.0. The molecule has 2 rings (SSSR count). The zero-order valence-corrected chi connectivity index (χ0v) is 21.5. The molecule has 4 nitrogen and oxygen atoms in total. The maximum absolute atomic E-state index is 13.3. The number of nitrogens with zero attached hydrogens (tertiary/aromatic N) is 1. The quantitative estimate of drug-likeness (QED) is 0.405. The zero-order valence-electron chi connectivity index (χ0n) is 19.2. The monoisotopic (exact) mass is 494 g/mol. The van der Waals surface area contributed by atoms with E-state index in [1.54, 1.807) is 28.8 Å². The number of carbonyl (C=O) groups is 2. The molecule has 0 bridgehead atoms. The van der Waals surface area contributed by atoms with Gasteiger partial charge in [-0.25, -0.2) is 0 Å². The minimum atomic E-state index is -0.553. The van der Waals surface area contributed by atoms with Crippen molar-refractivity contribution in [2.45, 2.75) is 58.9 Å². The molecule has 0 heterocycles. The Hall–Kier alpha value is -1.69. The highest BCUT2D eigenvalue weighted by atomic mass is 35.5. The summed E-state index contributed by atoms with van der Waals surface area (Å²) in [7, 11) is 0. The number of aryl methyl sites for hydroxylation is 2. The van der Waals surface area contributed by atoms with E-state index in [1.807, 2.05) is 19.9 Å². The lowest BCUT2D eigenvalue weighted by Gasteiger charge is -2.31. The highest BCUT2D eigenvalue weighted by Gasteiger charge is 2.28. The third kappa shape index (κ3) is 8.02. The first kappa shape index (κ1) is 26.6. The SMILES string of the molecule is CCCNC(=O)C(CC)N(Cc1ccc(Cl)cc1Cl)C(=O)CSCc1cc(C)cc(C)c1. The van der Waals surface area contributed by atoms with E-state index in [4.69, 9.17) is 23.2 Å². The lowest BCUT2D eigenvalue weighted by Crippen LogP contribution is -2.49. The van der Waals surface area contributed by atoms with Crippen molar-refractivity contribution in [3.63, 3.8) is 0 Å². The second kappa shape index (κ2) is 13.1. The highest BCUT2D eigenvalue weighted by molar-refractivity contribution is 7.99. The number of hydrogen-bond acceptors (Lipinski definition) is 3. The Bertz CT molecular complexity index is 916. The molecule has 1 atom stereocenters. The van der Waals surface area contributed by atoms with Crippen molar-refractivity contribution in [1.82, 2.24) is 10.2 Å². The molecule has 0 saturated heterocycles. The molecular formula is C25H32Cl2N2O2S. The molecule has 1 N–H and O–H groups in total. The van der Waals surface area contributed by atoms with Gasteiger partial charge in [-0.15, -0.1) is 11.8 Å². The van der Waals surface area contributed by atoms with E-state index in [0.717, 1.165) is 17.7 Å². The van der Waals surface area contributed by atoms with Crippen LogP contribution in [0.5, 0.6) is 0 Å². The minimum absolute atomic E-state index is 0.0797. The molecule has 0 aliphatic carbocycles. The van der Waals surface area contributed by atoms with Gasteiger partial charge in [-0.05, 0) is 49.9 Å². The molecule has 0 aliphatic heterocycles. The predicted octanol–water partition coefficient (Wildman–Crippen LogP) is 6.18. The summed E-state index contributed by atoms with van der Waals surface area (Å²) in [4.78, 5) is 27.7. The van der Waals surface area contributed by atoms with Gasteiger partial charge in [0.2, 0.25) is 11.8 Å². The van der Waals surface area contributed by atoms with Crippen molar-refractivity contribution in [2.75, 3.05) is 12.3 Å². The number of carbonyl (C=O) groups excluding carboxylic acids is 2. The predicted molar refractivity (Wildman–Crippen MR) is 136 cm³/mol. The van der Waals surface area contributed by atoms with E-state index in [2.05, 4.69) is 37.4 Å². The number of rotatable bonds is 11. The highest BCUT2D eigenvalue weighted by Crippen LogP contribution is 2.24. The van der Waals surface area contributed by atoms with Crippen molar-refractivity contribution in [3.05, 3.63) is 68.7 Å². The van der Waals surface area contributed by atoms with Gasteiger partial charge in [-0.2, -0.15) is 0 Å². The van der Waals surface area contributed by atoms with Gasteiger partial charge in [-0.1, -0.05) is 72.4 Å². The molecule has 2 amide bonds. The molecule has 2 aromatic carbocycles. The Morgan fingerprint density at radius 2 is 1.75 bits per heavy atom. The summed E-state index contributed by atoms with van der Waals surface area (Å²) in [6, 6.07) is 11.1. The van der Waals surface area contributed by atoms with Gasteiger partial charge < -0.3 is 10.2 Å². The summed E-state index contributed by atoms with van der Waals surface area (Å²) in [6.45, 7) is 8.91. The summed E-state index contributed by atoms with van der Waals surface area (Å²) < 4.78 is 0. The Morgan fingerprint density at radius 1 is 1.06 bits per heavy atom. The van der Waals surface area contributed by atoms with Crippen LogP contribution in [0.3, 0.4) is 0 Å². The van der Waals surface area contributed by atoms with E-state index in [1.165, 1.54) is 16.7 Å². The van der Waals surface area contributed by atoms with Crippen LogP contribution >= 0.6 is 35.0 Å². The van der Waals surface area contributed by atoms with Crippen LogP contribution in [0.25, 0.3) is 0 Å². The molecule has 0 spiro atoms. The van der Waals surface area contributed by atoms with E-state index in [9.17, 15) is 9.59 Å². The van der Waals surface area contributed by atoms with Crippen molar-refractivity contribution in [2.24, 2.45) is 0 Å². The van der Waals surface area contributed by atoms with Crippen LogP contribution in [0.15, 0.2) is 36.4 Å². The summed E-state index contributed by atoms with van der Waals surface area (Å²) in [6.07, 6.45) is 1.36. The van der Waals surface area contributed by atoms with Crippen LogP contribution in [-0.4, -0.2) is 35.1 Å². The van der Waals surface area contributed by atoms with Gasteiger partial charge in [-0.3, -0.25) is 9.59 Å². The normalized spacial score (nSPS) is 11.8. The summed E-state index contributed by atoms with van der Waals surface area (Å²) in [5, 5.41) is 3.95. The topological polar surface area (TPSA) is 49.4 Å². The first-order valence-electron chi connectivity index (χ1n) is 10.9. The van der Waals surface area contributed by atoms with Crippen molar-refractivity contribution in [3.8, 4) is 0 Å². The van der Waals surface area contributed by atoms with Gasteiger partial charge in [0, 0.05) is 28.9 Å². The molecule has 0 radical (unpaired) electrons. The molecule has 174 valence electrons. The minimum Gasteiger partial charge on any atom is -0.354 e. The maximum Gasteiger partial charge on any atom is 0.242 e. The second-order valence-electron chi connectivity index (χ2n) is 7.96. The van der Waals surface area contributed by atoms with Crippen LogP contribution in [0.1, 0.15) is 48.9 Å². The van der Waals surface area contributed by atoms with Gasteiger partial charge in [0.05, 0.1) is 5.75 Å². The molecular weight excluding hydrogens is 463 g/mol. The number of halogens is 2. The molecule has 0 aliphatic rings. The molecule has 7 heteroatoms. The number of nitrogens with one attached hydrogen (secondary N) is 1. The van der Waals surface area contributed by atoms with Crippen molar-refractivity contribution < 1.29 is 9.59 Å². The van der Waals surface area contributed by atoms with Crippen LogP contribution in [-0.2, 0) is 21.9 Å². The molecule has 32 heavy (non-hydrogen) atoms. The van der Waals surface area contributed by atoms with E-state index in [-0.39, 0.29) is 24.1 Å². The lowest BCUT2D eigenvalue weighted by molar-refractivity contribution is -0.139. The number of hydrogen-bond donors (Lipinski definition) is 1. The average molecular weight is 496 g/mol. The summed E-state index contributed by atoms with van der Waals surface area (Å²) in [5.74, 6) is 0.814. The van der Waals surface area contributed by atoms with Crippen LogP contribution < -0.4 is 5.32 Å². The Kier molecular flexibility index (Phi) is 10.9. The van der Waals surface area contributed by atoms with E-state index in [0.29, 0.717) is 23.0 Å². The number of thioether (sulfide) groups is 1. The standard InChI is InChI=1S/C25H32Cl2N2O2S/c1-5-9-28-25(31)23(6-2)29(14-20-7-8-21(26)13-22(20)27)24(30)16-32-15-19-11-17(3)10-18(4)12-19/h7-8,10-13,23H,5-6,9,14-16H2,1-4H3,(H,28,31). The fourth-order valence-electron chi connectivity index (χ4n) is 3.61. The number of amides is 2. The van der Waals surface area contributed by atoms with Crippen LogP contribution in [0.4, 0.5) is 0 Å². The van der Waals surface area contributed by atoms with Gasteiger partial charge >= 0.3 is 0 Å². The van der Waals surface area contributed by atoms with Crippen molar-refractivity contribution >= 4 is 46.8 Å². The molecule has 1 unspecified atom stereocenters. The largest absolute Gasteiger partial charge is 0.354 e. The second-order valence-corrected chi connectivity index (χ2v) is 9.79. The Labute approximate surface area is 206 Å². The zero-order chi connectivity index (χ0) is 23.7. The Balaban J connectivity index is 2.17. The van der Waals surface area contributed by atoms with Gasteiger partial charge in [0.25, 0.3) is 0 Å². The number of benzene rings is 2. The van der Waals surface area contributed by atoms with E-state index < -0.39 is 6.04 Å². The van der Waals surface area contributed by atoms with Crippen LogP contribution in [0, 0.1) is 13.8 Å². The Morgan fingerprint density at radius 3 is 2.34 bits per heavy atom.